The van der Waals surface area contributed by atoms with Gasteiger partial charge in [0.25, 0.3) is 0 Å². The van der Waals surface area contributed by atoms with E-state index in [4.69, 9.17) is 11.6 Å². The molecule has 0 bridgehead atoms. The molecule has 6 heteroatoms. The van der Waals surface area contributed by atoms with Crippen molar-refractivity contribution in [2.45, 2.75) is 0 Å². The lowest BCUT2D eigenvalue weighted by Gasteiger charge is -2.14. The van der Waals surface area contributed by atoms with E-state index in [9.17, 15) is 9.59 Å². The molecule has 1 aliphatic rings. The molecule has 4 nitrogen and oxygen atoms in total. The predicted molar refractivity (Wildman–Crippen MR) is 60.0 cm³/mol. The molecule has 0 aromatic heterocycles. The van der Waals surface area contributed by atoms with Crippen LogP contribution in [0, 0.1) is 0 Å². The van der Waals surface area contributed by atoms with E-state index in [1.54, 1.807) is 18.2 Å². The zero-order valence-corrected chi connectivity index (χ0v) is 9.80. The van der Waals surface area contributed by atoms with Crippen molar-refractivity contribution in [2.24, 2.45) is 0 Å². The van der Waals surface area contributed by atoms with Crippen molar-refractivity contribution in [3.8, 4) is 0 Å². The average Bonchev–Trinajstić information content (AvgIpc) is 2.50. The minimum Gasteiger partial charge on any atom is -0.283 e. The summed E-state index contributed by atoms with van der Waals surface area (Å²) in [5.41, 5.74) is 0.523. The molecule has 0 spiro atoms. The van der Waals surface area contributed by atoms with Crippen LogP contribution in [0.25, 0.3) is 0 Å². The van der Waals surface area contributed by atoms with Crippen LogP contribution in [-0.2, 0) is 4.79 Å². The Kier molecular flexibility index (Phi) is 2.67. The van der Waals surface area contributed by atoms with Crippen LogP contribution in [0.15, 0.2) is 22.7 Å². The molecule has 1 N–H and O–H groups in total. The number of urea groups is 1. The third-order valence-corrected chi connectivity index (χ3v) is 2.81. The fraction of sp³-hybridized carbons (Fsp3) is 0.111. The third kappa shape index (κ3) is 1.98. The van der Waals surface area contributed by atoms with Gasteiger partial charge in [-0.2, -0.15) is 0 Å². The number of rotatable bonds is 1. The second-order valence-corrected chi connectivity index (χ2v) is 4.36. The second kappa shape index (κ2) is 3.83. The maximum Gasteiger partial charge on any atom is 0.329 e. The molecular formula is C9H6BrClN2O2. The van der Waals surface area contributed by atoms with Crippen LogP contribution in [0.2, 0.25) is 5.02 Å². The van der Waals surface area contributed by atoms with E-state index < -0.39 is 6.03 Å². The van der Waals surface area contributed by atoms with Crippen molar-refractivity contribution >= 4 is 45.2 Å². The van der Waals surface area contributed by atoms with E-state index in [0.717, 1.165) is 4.47 Å². The number of hydrogen-bond donors (Lipinski definition) is 1. The highest BCUT2D eigenvalue weighted by atomic mass is 79.9. The minimum absolute atomic E-state index is 0.00894. The van der Waals surface area contributed by atoms with Crippen LogP contribution in [0.4, 0.5) is 10.5 Å². The monoisotopic (exact) mass is 288 g/mol. The van der Waals surface area contributed by atoms with Gasteiger partial charge in [0, 0.05) is 4.47 Å². The normalized spacial score (nSPS) is 15.7. The fourth-order valence-electron chi connectivity index (χ4n) is 1.33. The Balaban J connectivity index is 2.41. The summed E-state index contributed by atoms with van der Waals surface area (Å²) in [5, 5.41) is 2.62. The molecule has 0 atom stereocenters. The lowest BCUT2D eigenvalue weighted by atomic mass is 10.3. The molecule has 0 saturated carbocycles. The zero-order valence-electron chi connectivity index (χ0n) is 7.46. The highest BCUT2D eigenvalue weighted by Gasteiger charge is 2.29. The standard InChI is InChI=1S/C9H6BrClN2O2/c10-5-1-2-6(11)7(3-5)13-4-8(14)12-9(13)15/h1-3H,4H2,(H,12,14,15). The Bertz CT molecular complexity index is 450. The lowest BCUT2D eigenvalue weighted by molar-refractivity contribution is -0.117. The van der Waals surface area contributed by atoms with Crippen molar-refractivity contribution in [3.05, 3.63) is 27.7 Å². The van der Waals surface area contributed by atoms with Crippen molar-refractivity contribution in [1.29, 1.82) is 0 Å². The summed E-state index contributed by atoms with van der Waals surface area (Å²) in [7, 11) is 0. The highest BCUT2D eigenvalue weighted by Crippen LogP contribution is 2.30. The summed E-state index contributed by atoms with van der Waals surface area (Å²) in [6, 6.07) is 4.68. The number of hydrogen-bond acceptors (Lipinski definition) is 2. The van der Waals surface area contributed by atoms with Crippen molar-refractivity contribution in [1.82, 2.24) is 5.32 Å². The quantitative estimate of drug-likeness (QED) is 0.806. The first kappa shape index (κ1) is 10.4. The van der Waals surface area contributed by atoms with E-state index in [2.05, 4.69) is 21.2 Å². The molecule has 0 aliphatic carbocycles. The molecule has 1 aromatic rings. The molecule has 1 saturated heterocycles. The minimum atomic E-state index is -0.444. The van der Waals surface area contributed by atoms with E-state index in [1.165, 1.54) is 4.90 Å². The van der Waals surface area contributed by atoms with Gasteiger partial charge in [0.15, 0.2) is 0 Å². The predicted octanol–water partition coefficient (Wildman–Crippen LogP) is 2.16. The van der Waals surface area contributed by atoms with Crippen molar-refractivity contribution in [2.75, 3.05) is 11.4 Å². The van der Waals surface area contributed by atoms with Crippen LogP contribution < -0.4 is 10.2 Å². The largest absolute Gasteiger partial charge is 0.329 e. The number of amides is 3. The van der Waals surface area contributed by atoms with Crippen LogP contribution in [0.5, 0.6) is 0 Å². The second-order valence-electron chi connectivity index (χ2n) is 3.04. The van der Waals surface area contributed by atoms with Gasteiger partial charge in [-0.25, -0.2) is 4.79 Å². The fourth-order valence-corrected chi connectivity index (χ4v) is 1.90. The SMILES string of the molecule is O=C1CN(c2cc(Br)ccc2Cl)C(=O)N1. The van der Waals surface area contributed by atoms with Crippen molar-refractivity contribution < 1.29 is 9.59 Å². The molecule has 3 amide bonds. The van der Waals surface area contributed by atoms with Gasteiger partial charge in [0.2, 0.25) is 5.91 Å². The van der Waals surface area contributed by atoms with E-state index in [-0.39, 0.29) is 12.5 Å². The molecule has 1 aliphatic heterocycles. The number of carbonyl (C=O) groups is 2. The number of halogens is 2. The van der Waals surface area contributed by atoms with Crippen LogP contribution in [0.3, 0.4) is 0 Å². The van der Waals surface area contributed by atoms with E-state index in [1.807, 2.05) is 0 Å². The Morgan fingerprint density at radius 1 is 1.40 bits per heavy atom. The average molecular weight is 290 g/mol. The first-order valence-corrected chi connectivity index (χ1v) is 5.31. The number of anilines is 1. The summed E-state index contributed by atoms with van der Waals surface area (Å²) >= 11 is 9.21. The van der Waals surface area contributed by atoms with Gasteiger partial charge in [0.05, 0.1) is 10.7 Å². The van der Waals surface area contributed by atoms with Crippen LogP contribution >= 0.6 is 27.5 Å². The molecule has 1 fully saturated rings. The number of carbonyl (C=O) groups excluding carboxylic acids is 2. The van der Waals surface area contributed by atoms with Crippen molar-refractivity contribution in [3.63, 3.8) is 0 Å². The Labute approximate surface area is 99.3 Å². The molecule has 78 valence electrons. The van der Waals surface area contributed by atoms with Gasteiger partial charge in [-0.3, -0.25) is 15.0 Å². The summed E-state index contributed by atoms with van der Waals surface area (Å²) in [6.45, 7) is 0.00894. The first-order chi connectivity index (χ1) is 7.08. The Hall–Kier alpha value is -1.07. The molecule has 0 unspecified atom stereocenters. The molecular weight excluding hydrogens is 283 g/mol. The highest BCUT2D eigenvalue weighted by molar-refractivity contribution is 9.10. The van der Waals surface area contributed by atoms with Crippen LogP contribution in [-0.4, -0.2) is 18.5 Å². The maximum absolute atomic E-state index is 11.4. The summed E-state index contributed by atoms with van der Waals surface area (Å²) < 4.78 is 0.800. The summed E-state index contributed by atoms with van der Waals surface area (Å²) in [4.78, 5) is 23.7. The van der Waals surface area contributed by atoms with Gasteiger partial charge in [-0.1, -0.05) is 27.5 Å². The third-order valence-electron chi connectivity index (χ3n) is 1.99. The van der Waals surface area contributed by atoms with Crippen LogP contribution in [0.1, 0.15) is 0 Å². The van der Waals surface area contributed by atoms with Gasteiger partial charge >= 0.3 is 6.03 Å². The number of nitrogens with one attached hydrogen (secondary N) is 1. The summed E-state index contributed by atoms with van der Waals surface area (Å²) in [5.74, 6) is -0.323. The smallest absolute Gasteiger partial charge is 0.283 e. The molecule has 1 aromatic carbocycles. The molecule has 0 radical (unpaired) electrons. The van der Waals surface area contributed by atoms with Gasteiger partial charge in [-0.15, -0.1) is 0 Å². The zero-order chi connectivity index (χ0) is 11.0. The molecule has 15 heavy (non-hydrogen) atoms. The first-order valence-electron chi connectivity index (χ1n) is 4.14. The number of nitrogens with zero attached hydrogens (tertiary/aromatic N) is 1. The summed E-state index contributed by atoms with van der Waals surface area (Å²) in [6.07, 6.45) is 0. The molecule has 2 rings (SSSR count). The number of benzene rings is 1. The van der Waals surface area contributed by atoms with Gasteiger partial charge in [-0.05, 0) is 18.2 Å². The molecule has 1 heterocycles. The lowest BCUT2D eigenvalue weighted by Crippen LogP contribution is -2.28. The number of imide groups is 1. The Morgan fingerprint density at radius 3 is 2.73 bits per heavy atom. The Morgan fingerprint density at radius 2 is 2.13 bits per heavy atom. The maximum atomic E-state index is 11.4. The van der Waals surface area contributed by atoms with E-state index >= 15 is 0 Å². The van der Waals surface area contributed by atoms with Gasteiger partial charge in [0.1, 0.15) is 6.54 Å². The van der Waals surface area contributed by atoms with Gasteiger partial charge < -0.3 is 0 Å². The van der Waals surface area contributed by atoms with E-state index in [0.29, 0.717) is 10.7 Å². The topological polar surface area (TPSA) is 49.4 Å².